The van der Waals surface area contributed by atoms with Gasteiger partial charge >= 0.3 is 0 Å². The molecule has 1 heterocycles. The number of hydrogen-bond donors (Lipinski definition) is 1. The van der Waals surface area contributed by atoms with Gasteiger partial charge in [0.2, 0.25) is 0 Å². The van der Waals surface area contributed by atoms with E-state index in [-0.39, 0.29) is 24.0 Å². The van der Waals surface area contributed by atoms with Crippen LogP contribution >= 0.6 is 35.7 Å². The van der Waals surface area contributed by atoms with E-state index < -0.39 is 0 Å². The van der Waals surface area contributed by atoms with Gasteiger partial charge in [0, 0.05) is 45.3 Å². The lowest BCUT2D eigenvalue weighted by molar-refractivity contribution is 0.145. The van der Waals surface area contributed by atoms with E-state index in [1.807, 2.05) is 25.5 Å². The van der Waals surface area contributed by atoms with Gasteiger partial charge in [-0.1, -0.05) is 12.1 Å². The lowest BCUT2D eigenvalue weighted by Crippen LogP contribution is -2.39. The van der Waals surface area contributed by atoms with E-state index in [9.17, 15) is 0 Å². The Kier molecular flexibility index (Phi) is 12.2. The average molecular weight is 532 g/mol. The fourth-order valence-corrected chi connectivity index (χ4v) is 3.05. The van der Waals surface area contributed by atoms with Gasteiger partial charge < -0.3 is 19.5 Å². The molecular weight excluding hydrogens is 499 g/mol. The molecule has 0 spiro atoms. The minimum atomic E-state index is 0. The van der Waals surface area contributed by atoms with Gasteiger partial charge in [0.25, 0.3) is 0 Å². The normalized spacial score (nSPS) is 11.3. The molecule has 0 radical (unpaired) electrons. The summed E-state index contributed by atoms with van der Waals surface area (Å²) in [6.45, 7) is 7.53. The topological polar surface area (TPSA) is 67.6 Å². The van der Waals surface area contributed by atoms with Crippen molar-refractivity contribution in [1.29, 1.82) is 0 Å². The monoisotopic (exact) mass is 532 g/mol. The largest absolute Gasteiger partial charge is 0.382 e. The molecule has 29 heavy (non-hydrogen) atoms. The quantitative estimate of drug-likeness (QED) is 0.166. The zero-order valence-corrected chi connectivity index (χ0v) is 21.2. The number of rotatable bonds is 10. The van der Waals surface area contributed by atoms with Crippen molar-refractivity contribution in [3.63, 3.8) is 0 Å². The Bertz CT molecular complexity index is 750. The maximum Gasteiger partial charge on any atom is 0.194 e. The molecule has 162 valence electrons. The molecule has 2 rings (SSSR count). The third-order valence-corrected chi connectivity index (χ3v) is 5.19. The summed E-state index contributed by atoms with van der Waals surface area (Å²) in [5, 5.41) is 11.8. The SMILES string of the molecule is CCOCCCNC(=NCc1nnc(C)n1C)N(C)Cc1ccc(SC)cc1.I. The molecule has 2 aromatic rings. The Labute approximate surface area is 195 Å². The number of benzene rings is 1. The number of nitrogens with one attached hydrogen (secondary N) is 1. The highest BCUT2D eigenvalue weighted by atomic mass is 127. The summed E-state index contributed by atoms with van der Waals surface area (Å²) in [5.41, 5.74) is 1.25. The molecule has 0 fully saturated rings. The van der Waals surface area contributed by atoms with Crippen molar-refractivity contribution in [2.75, 3.05) is 33.1 Å². The van der Waals surface area contributed by atoms with Gasteiger partial charge in [0.15, 0.2) is 11.8 Å². The summed E-state index contributed by atoms with van der Waals surface area (Å²) in [7, 11) is 4.02. The van der Waals surface area contributed by atoms with E-state index >= 15 is 0 Å². The van der Waals surface area contributed by atoms with Gasteiger partial charge in [-0.2, -0.15) is 0 Å². The summed E-state index contributed by atoms with van der Waals surface area (Å²) in [4.78, 5) is 8.19. The lowest BCUT2D eigenvalue weighted by atomic mass is 10.2. The Hall–Kier alpha value is -1.33. The first-order valence-electron chi connectivity index (χ1n) is 9.60. The number of thioether (sulfide) groups is 1. The molecule has 0 saturated heterocycles. The molecule has 0 aliphatic heterocycles. The van der Waals surface area contributed by atoms with Crippen LogP contribution in [-0.4, -0.2) is 58.7 Å². The minimum absolute atomic E-state index is 0. The molecule has 9 heteroatoms. The second-order valence-corrected chi connectivity index (χ2v) is 7.42. The Morgan fingerprint density at radius 3 is 2.59 bits per heavy atom. The van der Waals surface area contributed by atoms with Crippen LogP contribution in [0.2, 0.25) is 0 Å². The van der Waals surface area contributed by atoms with E-state index in [0.29, 0.717) is 6.54 Å². The predicted octanol–water partition coefficient (Wildman–Crippen LogP) is 3.47. The van der Waals surface area contributed by atoms with Crippen molar-refractivity contribution in [2.45, 2.75) is 38.3 Å². The minimum Gasteiger partial charge on any atom is -0.382 e. The van der Waals surface area contributed by atoms with Crippen LogP contribution in [0.25, 0.3) is 0 Å². The summed E-state index contributed by atoms with van der Waals surface area (Å²) in [6, 6.07) is 8.65. The summed E-state index contributed by atoms with van der Waals surface area (Å²) in [5.74, 6) is 2.59. The first-order chi connectivity index (χ1) is 13.5. The molecule has 0 aliphatic carbocycles. The zero-order valence-electron chi connectivity index (χ0n) is 18.0. The third-order valence-electron chi connectivity index (χ3n) is 4.45. The molecule has 1 aromatic heterocycles. The second kappa shape index (κ2) is 13.8. The highest BCUT2D eigenvalue weighted by Gasteiger charge is 2.09. The van der Waals surface area contributed by atoms with Crippen LogP contribution in [0.5, 0.6) is 0 Å². The number of guanidine groups is 1. The van der Waals surface area contributed by atoms with Gasteiger partial charge in [-0.3, -0.25) is 0 Å². The highest BCUT2D eigenvalue weighted by Crippen LogP contribution is 2.15. The molecule has 7 nitrogen and oxygen atoms in total. The number of aromatic nitrogens is 3. The number of hydrogen-bond acceptors (Lipinski definition) is 5. The van der Waals surface area contributed by atoms with Crippen molar-refractivity contribution in [2.24, 2.45) is 12.0 Å². The molecular formula is C20H33IN6OS. The van der Waals surface area contributed by atoms with Gasteiger partial charge in [-0.15, -0.1) is 45.9 Å². The third kappa shape index (κ3) is 8.51. The van der Waals surface area contributed by atoms with Crippen molar-refractivity contribution in [3.8, 4) is 0 Å². The smallest absolute Gasteiger partial charge is 0.194 e. The molecule has 1 aromatic carbocycles. The molecule has 0 aliphatic rings. The van der Waals surface area contributed by atoms with E-state index in [4.69, 9.17) is 9.73 Å². The first kappa shape index (κ1) is 25.7. The first-order valence-corrected chi connectivity index (χ1v) is 10.8. The second-order valence-electron chi connectivity index (χ2n) is 6.54. The maximum atomic E-state index is 5.42. The molecule has 0 unspecified atom stereocenters. The van der Waals surface area contributed by atoms with E-state index in [0.717, 1.165) is 50.3 Å². The molecule has 1 N–H and O–H groups in total. The lowest BCUT2D eigenvalue weighted by Gasteiger charge is -2.23. The maximum absolute atomic E-state index is 5.42. The van der Waals surface area contributed by atoms with Gasteiger partial charge in [0.05, 0.1) is 0 Å². The molecule has 0 saturated carbocycles. The van der Waals surface area contributed by atoms with Crippen molar-refractivity contribution >= 4 is 41.7 Å². The van der Waals surface area contributed by atoms with Crippen LogP contribution in [0.4, 0.5) is 0 Å². The average Bonchev–Trinajstić information content (AvgIpc) is 3.02. The van der Waals surface area contributed by atoms with Crippen molar-refractivity contribution in [3.05, 3.63) is 41.5 Å². The molecule has 0 atom stereocenters. The van der Waals surface area contributed by atoms with Crippen molar-refractivity contribution in [1.82, 2.24) is 25.0 Å². The van der Waals surface area contributed by atoms with Crippen LogP contribution in [0, 0.1) is 6.92 Å². The van der Waals surface area contributed by atoms with Crippen LogP contribution < -0.4 is 5.32 Å². The van der Waals surface area contributed by atoms with Gasteiger partial charge in [-0.05, 0) is 44.2 Å². The van der Waals surface area contributed by atoms with Crippen LogP contribution in [-0.2, 0) is 24.9 Å². The van der Waals surface area contributed by atoms with Gasteiger partial charge in [0.1, 0.15) is 12.4 Å². The van der Waals surface area contributed by atoms with Gasteiger partial charge in [-0.25, -0.2) is 4.99 Å². The number of ether oxygens (including phenoxy) is 1. The fourth-order valence-electron chi connectivity index (χ4n) is 2.64. The number of aryl methyl sites for hydroxylation is 1. The Balaban J connectivity index is 0.00000420. The standard InChI is InChI=1S/C20H32N6OS.HI/c1-6-27-13-7-12-21-20(22-14-19-24-23-16(2)26(19)4)25(3)15-17-8-10-18(28-5)11-9-17;/h8-11H,6-7,12-15H2,1-5H3,(H,21,22);1H. The number of aliphatic imine (C=N–C) groups is 1. The van der Waals surface area contributed by atoms with E-state index in [2.05, 4.69) is 58.0 Å². The Morgan fingerprint density at radius 2 is 2.00 bits per heavy atom. The van der Waals surface area contributed by atoms with E-state index in [1.54, 1.807) is 11.8 Å². The molecule has 0 bridgehead atoms. The van der Waals surface area contributed by atoms with E-state index in [1.165, 1.54) is 10.5 Å². The number of nitrogens with zero attached hydrogens (tertiary/aromatic N) is 5. The number of halogens is 1. The summed E-state index contributed by atoms with van der Waals surface area (Å²) < 4.78 is 7.39. The Morgan fingerprint density at radius 1 is 1.28 bits per heavy atom. The fraction of sp³-hybridized carbons (Fsp3) is 0.550. The summed E-state index contributed by atoms with van der Waals surface area (Å²) in [6.07, 6.45) is 3.03. The zero-order chi connectivity index (χ0) is 20.4. The summed E-state index contributed by atoms with van der Waals surface area (Å²) >= 11 is 1.75. The van der Waals surface area contributed by atoms with Crippen LogP contribution in [0.15, 0.2) is 34.2 Å². The van der Waals surface area contributed by atoms with Crippen LogP contribution in [0.3, 0.4) is 0 Å². The predicted molar refractivity (Wildman–Crippen MR) is 131 cm³/mol. The molecule has 0 amide bonds. The highest BCUT2D eigenvalue weighted by molar-refractivity contribution is 14.0. The van der Waals surface area contributed by atoms with Crippen LogP contribution in [0.1, 0.15) is 30.6 Å². The van der Waals surface area contributed by atoms with Crippen molar-refractivity contribution < 1.29 is 4.74 Å².